The van der Waals surface area contributed by atoms with Crippen LogP contribution in [0.1, 0.15) is 31.0 Å². The van der Waals surface area contributed by atoms with E-state index in [0.29, 0.717) is 33.9 Å². The smallest absolute Gasteiger partial charge is 0.223 e. The number of hydrogen-bond donors (Lipinski definition) is 0. The van der Waals surface area contributed by atoms with Crippen molar-refractivity contribution in [1.29, 1.82) is 0 Å². The fraction of sp³-hybridized carbons (Fsp3) is 0.238. The molecule has 4 nitrogen and oxygen atoms in total. The van der Waals surface area contributed by atoms with Crippen molar-refractivity contribution in [3.63, 3.8) is 0 Å². The minimum atomic E-state index is -0.226. The fourth-order valence-corrected chi connectivity index (χ4v) is 3.25. The summed E-state index contributed by atoms with van der Waals surface area (Å²) in [5.74, 6) is 2.08. The van der Waals surface area contributed by atoms with Gasteiger partial charge in [0.1, 0.15) is 5.82 Å². The van der Waals surface area contributed by atoms with Crippen molar-refractivity contribution in [2.45, 2.75) is 30.7 Å². The van der Waals surface area contributed by atoms with Gasteiger partial charge in [0.15, 0.2) is 16.7 Å². The van der Waals surface area contributed by atoms with Crippen LogP contribution in [0.25, 0.3) is 0 Å². The van der Waals surface area contributed by atoms with E-state index in [4.69, 9.17) is 9.47 Å². The van der Waals surface area contributed by atoms with Gasteiger partial charge in [-0.1, -0.05) is 55.9 Å². The second-order valence-electron chi connectivity index (χ2n) is 6.20. The number of benzene rings is 2. The SMILES string of the molecule is COc1ccccc1Oc1cc(C(C)C)nc(SCc2ccccc2F)n1. The van der Waals surface area contributed by atoms with Crippen molar-refractivity contribution in [3.8, 4) is 17.4 Å². The summed E-state index contributed by atoms with van der Waals surface area (Å²) >= 11 is 1.38. The number of para-hydroxylation sites is 2. The number of methoxy groups -OCH3 is 1. The number of thioether (sulfide) groups is 1. The van der Waals surface area contributed by atoms with Gasteiger partial charge < -0.3 is 9.47 Å². The molecular formula is C21H21FN2O2S. The number of aromatic nitrogens is 2. The molecule has 0 aliphatic carbocycles. The number of hydrogen-bond acceptors (Lipinski definition) is 5. The van der Waals surface area contributed by atoms with Gasteiger partial charge in [-0.3, -0.25) is 0 Å². The molecule has 0 N–H and O–H groups in total. The van der Waals surface area contributed by atoms with Gasteiger partial charge >= 0.3 is 0 Å². The van der Waals surface area contributed by atoms with Gasteiger partial charge in [-0.25, -0.2) is 9.37 Å². The highest BCUT2D eigenvalue weighted by molar-refractivity contribution is 7.98. The number of rotatable bonds is 7. The Kier molecular flexibility index (Phi) is 6.29. The second-order valence-corrected chi connectivity index (χ2v) is 7.14. The van der Waals surface area contributed by atoms with Crippen LogP contribution >= 0.6 is 11.8 Å². The van der Waals surface area contributed by atoms with Crippen molar-refractivity contribution in [3.05, 3.63) is 71.7 Å². The minimum Gasteiger partial charge on any atom is -0.493 e. The first kappa shape index (κ1) is 19.2. The van der Waals surface area contributed by atoms with Crippen LogP contribution in [-0.2, 0) is 5.75 Å². The van der Waals surface area contributed by atoms with E-state index in [1.165, 1.54) is 17.8 Å². The molecule has 0 aliphatic rings. The van der Waals surface area contributed by atoms with Crippen LogP contribution in [-0.4, -0.2) is 17.1 Å². The Morgan fingerprint density at radius 1 is 1.00 bits per heavy atom. The number of halogens is 1. The lowest BCUT2D eigenvalue weighted by Crippen LogP contribution is -2.00. The Morgan fingerprint density at radius 3 is 2.41 bits per heavy atom. The van der Waals surface area contributed by atoms with E-state index in [9.17, 15) is 4.39 Å². The summed E-state index contributed by atoms with van der Waals surface area (Å²) in [6.45, 7) is 4.11. The Bertz CT molecular complexity index is 918. The molecule has 0 amide bonds. The maximum atomic E-state index is 13.9. The number of ether oxygens (including phenoxy) is 2. The van der Waals surface area contributed by atoms with E-state index >= 15 is 0 Å². The van der Waals surface area contributed by atoms with Crippen LogP contribution in [0, 0.1) is 5.82 Å². The minimum absolute atomic E-state index is 0.209. The van der Waals surface area contributed by atoms with Crippen LogP contribution in [0.5, 0.6) is 17.4 Å². The fourth-order valence-electron chi connectivity index (χ4n) is 2.41. The lowest BCUT2D eigenvalue weighted by Gasteiger charge is -2.12. The zero-order valence-corrected chi connectivity index (χ0v) is 16.3. The molecule has 2 aromatic carbocycles. The Morgan fingerprint density at radius 2 is 1.70 bits per heavy atom. The molecule has 0 fully saturated rings. The zero-order valence-electron chi connectivity index (χ0n) is 15.5. The molecule has 1 heterocycles. The predicted octanol–water partition coefficient (Wildman–Crippen LogP) is 5.83. The standard InChI is InChI=1S/C21H21FN2O2S/c1-14(2)17-12-20(26-19-11-7-6-10-18(19)25-3)24-21(23-17)27-13-15-8-4-5-9-16(15)22/h4-12,14H,13H2,1-3H3. The summed E-state index contributed by atoms with van der Waals surface area (Å²) < 4.78 is 25.1. The highest BCUT2D eigenvalue weighted by Crippen LogP contribution is 2.32. The third-order valence-electron chi connectivity index (χ3n) is 3.89. The van der Waals surface area contributed by atoms with E-state index < -0.39 is 0 Å². The molecule has 27 heavy (non-hydrogen) atoms. The zero-order chi connectivity index (χ0) is 19.2. The van der Waals surface area contributed by atoms with E-state index in [2.05, 4.69) is 23.8 Å². The van der Waals surface area contributed by atoms with E-state index in [1.807, 2.05) is 36.4 Å². The second kappa shape index (κ2) is 8.86. The van der Waals surface area contributed by atoms with Gasteiger partial charge in [0.25, 0.3) is 0 Å². The molecule has 0 unspecified atom stereocenters. The highest BCUT2D eigenvalue weighted by Gasteiger charge is 2.13. The van der Waals surface area contributed by atoms with Crippen LogP contribution in [0.3, 0.4) is 0 Å². The average Bonchev–Trinajstić information content (AvgIpc) is 2.67. The van der Waals surface area contributed by atoms with Crippen molar-refractivity contribution in [1.82, 2.24) is 9.97 Å². The van der Waals surface area contributed by atoms with Crippen molar-refractivity contribution in [2.75, 3.05) is 7.11 Å². The molecule has 6 heteroatoms. The monoisotopic (exact) mass is 384 g/mol. The summed E-state index contributed by atoms with van der Waals surface area (Å²) in [6.07, 6.45) is 0. The van der Waals surface area contributed by atoms with Crippen molar-refractivity contribution < 1.29 is 13.9 Å². The van der Waals surface area contributed by atoms with E-state index in [1.54, 1.807) is 19.2 Å². The highest BCUT2D eigenvalue weighted by atomic mass is 32.2. The Balaban J connectivity index is 1.85. The molecule has 0 saturated carbocycles. The summed E-state index contributed by atoms with van der Waals surface area (Å²) in [6, 6.07) is 15.9. The van der Waals surface area contributed by atoms with E-state index in [-0.39, 0.29) is 11.7 Å². The molecule has 0 atom stereocenters. The molecule has 0 radical (unpaired) electrons. The molecule has 3 aromatic rings. The molecular weight excluding hydrogens is 363 g/mol. The van der Waals surface area contributed by atoms with Crippen LogP contribution in [0.4, 0.5) is 4.39 Å². The maximum Gasteiger partial charge on any atom is 0.223 e. The third-order valence-corrected chi connectivity index (χ3v) is 4.79. The van der Waals surface area contributed by atoms with Gasteiger partial charge in [0.05, 0.1) is 12.8 Å². The van der Waals surface area contributed by atoms with Crippen LogP contribution in [0.2, 0.25) is 0 Å². The first-order valence-electron chi connectivity index (χ1n) is 8.63. The summed E-state index contributed by atoms with van der Waals surface area (Å²) in [5.41, 5.74) is 1.49. The van der Waals surface area contributed by atoms with Crippen molar-refractivity contribution >= 4 is 11.8 Å². The summed E-state index contributed by atoms with van der Waals surface area (Å²) in [5, 5.41) is 0.550. The van der Waals surface area contributed by atoms with Gasteiger partial charge in [-0.05, 0) is 29.7 Å². The first-order chi connectivity index (χ1) is 13.1. The molecule has 0 spiro atoms. The predicted molar refractivity (Wildman–Crippen MR) is 105 cm³/mol. The molecule has 3 rings (SSSR count). The molecule has 140 valence electrons. The largest absolute Gasteiger partial charge is 0.493 e. The molecule has 1 aromatic heterocycles. The lowest BCUT2D eigenvalue weighted by atomic mass is 10.1. The van der Waals surface area contributed by atoms with Gasteiger partial charge in [-0.2, -0.15) is 4.98 Å². The molecule has 0 saturated heterocycles. The van der Waals surface area contributed by atoms with Crippen LogP contribution < -0.4 is 9.47 Å². The van der Waals surface area contributed by atoms with Gasteiger partial charge in [0, 0.05) is 11.8 Å². The maximum absolute atomic E-state index is 13.9. The molecule has 0 aliphatic heterocycles. The van der Waals surface area contributed by atoms with Gasteiger partial charge in [0.2, 0.25) is 5.88 Å². The Hall–Kier alpha value is -2.60. The average molecular weight is 384 g/mol. The normalized spacial score (nSPS) is 10.9. The summed E-state index contributed by atoms with van der Waals surface area (Å²) in [4.78, 5) is 9.06. The molecule has 0 bridgehead atoms. The van der Waals surface area contributed by atoms with Crippen molar-refractivity contribution in [2.24, 2.45) is 0 Å². The quantitative estimate of drug-likeness (QED) is 0.379. The first-order valence-corrected chi connectivity index (χ1v) is 9.61. The third kappa shape index (κ3) is 4.98. The van der Waals surface area contributed by atoms with Crippen LogP contribution in [0.15, 0.2) is 59.8 Å². The summed E-state index contributed by atoms with van der Waals surface area (Å²) in [7, 11) is 1.59. The number of nitrogens with zero attached hydrogens (tertiary/aromatic N) is 2. The Labute approximate surface area is 162 Å². The lowest BCUT2D eigenvalue weighted by molar-refractivity contribution is 0.372. The topological polar surface area (TPSA) is 44.2 Å². The van der Waals surface area contributed by atoms with Gasteiger partial charge in [-0.15, -0.1) is 0 Å². The van der Waals surface area contributed by atoms with E-state index in [0.717, 1.165) is 5.69 Å².